The molecule has 0 saturated carbocycles. The molecule has 26 heavy (non-hydrogen) atoms. The lowest BCUT2D eigenvalue weighted by Crippen LogP contribution is -2.47. The second-order valence-corrected chi connectivity index (χ2v) is 6.03. The second-order valence-electron chi connectivity index (χ2n) is 6.03. The number of benzene rings is 2. The molecule has 7 nitrogen and oxygen atoms in total. The van der Waals surface area contributed by atoms with Crippen molar-refractivity contribution in [2.24, 2.45) is 0 Å². The highest BCUT2D eigenvalue weighted by Crippen LogP contribution is 2.26. The SMILES string of the molecule is N#Cc1ccccc1N1CCN(CCOc2ccccc2[N+](=O)[O-])CC1. The number of para-hydroxylation sites is 3. The summed E-state index contributed by atoms with van der Waals surface area (Å²) in [4.78, 5) is 15.1. The number of nitrogens with zero attached hydrogens (tertiary/aromatic N) is 4. The normalized spacial score (nSPS) is 14.7. The van der Waals surface area contributed by atoms with E-state index in [9.17, 15) is 15.4 Å². The molecule has 0 radical (unpaired) electrons. The number of hydrogen-bond acceptors (Lipinski definition) is 6. The Balaban J connectivity index is 1.49. The van der Waals surface area contributed by atoms with Crippen LogP contribution in [0, 0.1) is 21.4 Å². The molecule has 0 atom stereocenters. The fourth-order valence-corrected chi connectivity index (χ4v) is 3.07. The van der Waals surface area contributed by atoms with E-state index in [1.54, 1.807) is 18.2 Å². The fourth-order valence-electron chi connectivity index (χ4n) is 3.07. The van der Waals surface area contributed by atoms with Crippen LogP contribution in [-0.4, -0.2) is 49.2 Å². The number of hydrogen-bond donors (Lipinski definition) is 0. The first-order chi connectivity index (χ1) is 12.7. The van der Waals surface area contributed by atoms with Gasteiger partial charge in [0.05, 0.1) is 16.2 Å². The average molecular weight is 352 g/mol. The maximum Gasteiger partial charge on any atom is 0.310 e. The van der Waals surface area contributed by atoms with Crippen molar-refractivity contribution in [3.63, 3.8) is 0 Å². The van der Waals surface area contributed by atoms with E-state index in [1.807, 2.05) is 24.3 Å². The Bertz CT molecular complexity index is 810. The monoisotopic (exact) mass is 352 g/mol. The summed E-state index contributed by atoms with van der Waals surface area (Å²) in [5.74, 6) is 0.305. The van der Waals surface area contributed by atoms with E-state index in [0.717, 1.165) is 31.9 Å². The van der Waals surface area contributed by atoms with E-state index >= 15 is 0 Å². The third kappa shape index (κ3) is 4.10. The van der Waals surface area contributed by atoms with Crippen LogP contribution in [0.15, 0.2) is 48.5 Å². The molecule has 2 aromatic carbocycles. The largest absolute Gasteiger partial charge is 0.485 e. The van der Waals surface area contributed by atoms with Crippen LogP contribution in [-0.2, 0) is 0 Å². The van der Waals surface area contributed by atoms with Gasteiger partial charge in [-0.1, -0.05) is 24.3 Å². The second kappa shape index (κ2) is 8.32. The van der Waals surface area contributed by atoms with Crippen molar-refractivity contribution >= 4 is 11.4 Å². The van der Waals surface area contributed by atoms with Crippen LogP contribution in [0.3, 0.4) is 0 Å². The van der Waals surface area contributed by atoms with Crippen molar-refractivity contribution in [1.29, 1.82) is 5.26 Å². The van der Waals surface area contributed by atoms with Gasteiger partial charge in [-0.2, -0.15) is 5.26 Å². The van der Waals surface area contributed by atoms with Gasteiger partial charge in [-0.05, 0) is 18.2 Å². The summed E-state index contributed by atoms with van der Waals surface area (Å²) >= 11 is 0. The molecule has 1 heterocycles. The van der Waals surface area contributed by atoms with Gasteiger partial charge in [-0.25, -0.2) is 0 Å². The van der Waals surface area contributed by atoms with Crippen LogP contribution in [0.25, 0.3) is 0 Å². The molecule has 3 rings (SSSR count). The maximum atomic E-state index is 11.0. The van der Waals surface area contributed by atoms with Gasteiger partial charge in [-0.15, -0.1) is 0 Å². The van der Waals surface area contributed by atoms with Crippen molar-refractivity contribution in [3.05, 3.63) is 64.2 Å². The lowest BCUT2D eigenvalue weighted by atomic mass is 10.1. The Kier molecular flexibility index (Phi) is 5.66. The third-order valence-electron chi connectivity index (χ3n) is 4.46. The van der Waals surface area contributed by atoms with Crippen molar-refractivity contribution in [1.82, 2.24) is 4.90 Å². The molecular formula is C19H20N4O3. The summed E-state index contributed by atoms with van der Waals surface area (Å²) < 4.78 is 5.61. The van der Waals surface area contributed by atoms with Crippen molar-refractivity contribution in [2.75, 3.05) is 44.2 Å². The Morgan fingerprint density at radius 3 is 2.50 bits per heavy atom. The minimum atomic E-state index is -0.430. The molecule has 2 aromatic rings. The summed E-state index contributed by atoms with van der Waals surface area (Å²) in [5, 5.41) is 20.2. The predicted octanol–water partition coefficient (Wildman–Crippen LogP) is 2.67. The molecule has 134 valence electrons. The van der Waals surface area contributed by atoms with Gasteiger partial charge in [0, 0.05) is 38.8 Å². The van der Waals surface area contributed by atoms with Gasteiger partial charge in [0.25, 0.3) is 0 Å². The van der Waals surface area contributed by atoms with Crippen LogP contribution >= 0.6 is 0 Å². The molecule has 7 heteroatoms. The minimum Gasteiger partial charge on any atom is -0.485 e. The molecule has 1 fully saturated rings. The first-order valence-electron chi connectivity index (χ1n) is 8.51. The molecule has 0 aliphatic carbocycles. The highest BCUT2D eigenvalue weighted by Gasteiger charge is 2.19. The summed E-state index contributed by atoms with van der Waals surface area (Å²) in [5.41, 5.74) is 1.66. The van der Waals surface area contributed by atoms with Crippen LogP contribution in [0.4, 0.5) is 11.4 Å². The van der Waals surface area contributed by atoms with Gasteiger partial charge in [0.15, 0.2) is 5.75 Å². The number of nitro benzene ring substituents is 1. The average Bonchev–Trinajstić information content (AvgIpc) is 2.69. The zero-order chi connectivity index (χ0) is 18.4. The van der Waals surface area contributed by atoms with Crippen molar-refractivity contribution in [3.8, 4) is 11.8 Å². The van der Waals surface area contributed by atoms with Crippen LogP contribution < -0.4 is 9.64 Å². The quantitative estimate of drug-likeness (QED) is 0.587. The van der Waals surface area contributed by atoms with E-state index in [-0.39, 0.29) is 5.69 Å². The summed E-state index contributed by atoms with van der Waals surface area (Å²) in [7, 11) is 0. The van der Waals surface area contributed by atoms with E-state index in [1.165, 1.54) is 6.07 Å². The standard InChI is InChI=1S/C19H20N4O3/c20-15-16-5-1-2-6-17(16)22-11-9-21(10-12-22)13-14-26-19-8-4-3-7-18(19)23(24)25/h1-8H,9-14H2. The van der Waals surface area contributed by atoms with E-state index in [2.05, 4.69) is 15.9 Å². The van der Waals surface area contributed by atoms with Gasteiger partial charge in [0.1, 0.15) is 12.7 Å². The molecule has 1 aliphatic rings. The van der Waals surface area contributed by atoms with Crippen LogP contribution in [0.1, 0.15) is 5.56 Å². The minimum absolute atomic E-state index is 0.00886. The summed E-state index contributed by atoms with van der Waals surface area (Å²) in [6.07, 6.45) is 0. The molecule has 0 amide bonds. The van der Waals surface area contributed by atoms with Gasteiger partial charge < -0.3 is 9.64 Å². The smallest absolute Gasteiger partial charge is 0.310 e. The molecule has 0 spiro atoms. The molecular weight excluding hydrogens is 332 g/mol. The Morgan fingerprint density at radius 1 is 1.08 bits per heavy atom. The molecule has 0 unspecified atom stereocenters. The Labute approximate surface area is 152 Å². The fraction of sp³-hybridized carbons (Fsp3) is 0.316. The maximum absolute atomic E-state index is 11.0. The number of ether oxygens (including phenoxy) is 1. The Hall–Kier alpha value is -3.11. The zero-order valence-corrected chi connectivity index (χ0v) is 14.4. The van der Waals surface area contributed by atoms with Gasteiger partial charge >= 0.3 is 5.69 Å². The molecule has 0 N–H and O–H groups in total. The number of piperazine rings is 1. The highest BCUT2D eigenvalue weighted by atomic mass is 16.6. The molecule has 1 aliphatic heterocycles. The van der Waals surface area contributed by atoms with E-state index in [4.69, 9.17) is 4.74 Å². The van der Waals surface area contributed by atoms with Crippen LogP contribution in [0.5, 0.6) is 5.75 Å². The number of nitro groups is 1. The zero-order valence-electron chi connectivity index (χ0n) is 14.4. The molecule has 0 bridgehead atoms. The number of rotatable bonds is 6. The molecule has 1 saturated heterocycles. The number of nitriles is 1. The topological polar surface area (TPSA) is 82.6 Å². The summed E-state index contributed by atoms with van der Waals surface area (Å²) in [6, 6.07) is 16.3. The third-order valence-corrected chi connectivity index (χ3v) is 4.46. The lowest BCUT2D eigenvalue weighted by molar-refractivity contribution is -0.385. The predicted molar refractivity (Wildman–Crippen MR) is 98.4 cm³/mol. The van der Waals surface area contributed by atoms with Crippen LogP contribution in [0.2, 0.25) is 0 Å². The lowest BCUT2D eigenvalue weighted by Gasteiger charge is -2.36. The van der Waals surface area contributed by atoms with Gasteiger partial charge in [0.2, 0.25) is 0 Å². The number of anilines is 1. The summed E-state index contributed by atoms with van der Waals surface area (Å²) in [6.45, 7) is 4.51. The van der Waals surface area contributed by atoms with Crippen molar-refractivity contribution < 1.29 is 9.66 Å². The van der Waals surface area contributed by atoms with Gasteiger partial charge in [-0.3, -0.25) is 15.0 Å². The van der Waals surface area contributed by atoms with Crippen molar-refractivity contribution in [2.45, 2.75) is 0 Å². The van der Waals surface area contributed by atoms with E-state index < -0.39 is 4.92 Å². The molecule has 0 aromatic heterocycles. The highest BCUT2D eigenvalue weighted by molar-refractivity contribution is 5.59. The first-order valence-corrected chi connectivity index (χ1v) is 8.51. The first kappa shape index (κ1) is 17.7. The Morgan fingerprint density at radius 2 is 1.77 bits per heavy atom. The van der Waals surface area contributed by atoms with E-state index in [0.29, 0.717) is 24.5 Å².